The van der Waals surface area contributed by atoms with Gasteiger partial charge in [0.05, 0.1) is 6.42 Å². The van der Waals surface area contributed by atoms with Crippen LogP contribution in [-0.2, 0) is 24.1 Å². The second kappa shape index (κ2) is 7.95. The third kappa shape index (κ3) is 4.05. The summed E-state index contributed by atoms with van der Waals surface area (Å²) in [6, 6.07) is 15.9. The summed E-state index contributed by atoms with van der Waals surface area (Å²) in [4.78, 5) is 29.0. The summed E-state index contributed by atoms with van der Waals surface area (Å²) in [7, 11) is 0. The van der Waals surface area contributed by atoms with Crippen molar-refractivity contribution in [2.45, 2.75) is 32.1 Å². The van der Waals surface area contributed by atoms with Crippen molar-refractivity contribution in [3.05, 3.63) is 70.8 Å². The van der Waals surface area contributed by atoms with Gasteiger partial charge in [0.2, 0.25) is 5.91 Å². The van der Waals surface area contributed by atoms with E-state index in [1.165, 1.54) is 30.4 Å². The molecule has 1 saturated heterocycles. The number of piperazine rings is 1. The maximum absolute atomic E-state index is 12.7. The Hall–Kier alpha value is -2.62. The van der Waals surface area contributed by atoms with Gasteiger partial charge in [-0.15, -0.1) is 0 Å². The molecule has 0 spiro atoms. The predicted molar refractivity (Wildman–Crippen MR) is 106 cm³/mol. The maximum Gasteiger partial charge on any atom is 0.253 e. The van der Waals surface area contributed by atoms with Crippen LogP contribution in [0.25, 0.3) is 0 Å². The van der Waals surface area contributed by atoms with Crippen LogP contribution >= 0.6 is 0 Å². The zero-order valence-electron chi connectivity index (χ0n) is 15.7. The number of aryl methyl sites for hydroxylation is 2. The fourth-order valence-corrected chi connectivity index (χ4v) is 4.11. The second-order valence-corrected chi connectivity index (χ2v) is 7.53. The van der Waals surface area contributed by atoms with E-state index in [0.29, 0.717) is 38.2 Å². The average Bonchev–Trinajstić information content (AvgIpc) is 2.74. The molecular formula is C23H26N2O2. The van der Waals surface area contributed by atoms with Crippen LogP contribution in [0.2, 0.25) is 0 Å². The number of carbonyl (C=O) groups excluding carboxylic acids is 2. The van der Waals surface area contributed by atoms with Crippen LogP contribution < -0.4 is 0 Å². The summed E-state index contributed by atoms with van der Waals surface area (Å²) >= 11 is 0. The Morgan fingerprint density at radius 3 is 2.19 bits per heavy atom. The van der Waals surface area contributed by atoms with Gasteiger partial charge in [0.25, 0.3) is 5.91 Å². The molecule has 0 radical (unpaired) electrons. The number of rotatable bonds is 3. The molecule has 1 fully saturated rings. The molecule has 1 aliphatic heterocycles. The number of carbonyl (C=O) groups is 2. The van der Waals surface area contributed by atoms with Gasteiger partial charge >= 0.3 is 0 Å². The Balaban J connectivity index is 1.33. The van der Waals surface area contributed by atoms with Crippen LogP contribution in [0.1, 0.15) is 39.9 Å². The van der Waals surface area contributed by atoms with Crippen molar-refractivity contribution in [1.82, 2.24) is 9.80 Å². The van der Waals surface area contributed by atoms with Crippen molar-refractivity contribution >= 4 is 11.8 Å². The van der Waals surface area contributed by atoms with Crippen molar-refractivity contribution in [2.75, 3.05) is 26.2 Å². The smallest absolute Gasteiger partial charge is 0.253 e. The summed E-state index contributed by atoms with van der Waals surface area (Å²) in [5, 5.41) is 0. The Bertz CT molecular complexity index is 824. The number of hydrogen-bond donors (Lipinski definition) is 0. The van der Waals surface area contributed by atoms with Gasteiger partial charge in [0.1, 0.15) is 0 Å². The van der Waals surface area contributed by atoms with Crippen molar-refractivity contribution < 1.29 is 9.59 Å². The first-order valence-electron chi connectivity index (χ1n) is 9.93. The number of nitrogens with zero attached hydrogens (tertiary/aromatic N) is 2. The van der Waals surface area contributed by atoms with E-state index in [1.54, 1.807) is 0 Å². The fraction of sp³-hybridized carbons (Fsp3) is 0.391. The summed E-state index contributed by atoms with van der Waals surface area (Å²) < 4.78 is 0. The largest absolute Gasteiger partial charge is 0.339 e. The lowest BCUT2D eigenvalue weighted by Gasteiger charge is -2.35. The molecule has 140 valence electrons. The molecule has 1 aliphatic carbocycles. The molecule has 0 saturated carbocycles. The summed E-state index contributed by atoms with van der Waals surface area (Å²) in [6.07, 6.45) is 5.29. The van der Waals surface area contributed by atoms with Crippen molar-refractivity contribution in [3.8, 4) is 0 Å². The van der Waals surface area contributed by atoms with E-state index in [1.807, 2.05) is 40.1 Å². The molecule has 0 bridgehead atoms. The highest BCUT2D eigenvalue weighted by molar-refractivity contribution is 5.94. The minimum atomic E-state index is 0.0531. The highest BCUT2D eigenvalue weighted by atomic mass is 16.2. The number of fused-ring (bicyclic) bond motifs is 1. The van der Waals surface area contributed by atoms with E-state index in [-0.39, 0.29) is 11.8 Å². The molecule has 4 heteroatoms. The zero-order valence-corrected chi connectivity index (χ0v) is 15.7. The first-order chi connectivity index (χ1) is 13.2. The fourth-order valence-electron chi connectivity index (χ4n) is 4.11. The zero-order chi connectivity index (χ0) is 18.6. The monoisotopic (exact) mass is 362 g/mol. The number of benzene rings is 2. The van der Waals surface area contributed by atoms with E-state index in [4.69, 9.17) is 0 Å². The minimum Gasteiger partial charge on any atom is -0.339 e. The minimum absolute atomic E-state index is 0.0531. The predicted octanol–water partition coefficient (Wildman–Crippen LogP) is 3.09. The SMILES string of the molecule is O=C(Cc1ccc2c(c1)CCCC2)N1CCN(C(=O)c2ccccc2)CC1. The third-order valence-corrected chi connectivity index (χ3v) is 5.71. The van der Waals surface area contributed by atoms with Crippen molar-refractivity contribution in [1.29, 1.82) is 0 Å². The van der Waals surface area contributed by atoms with Crippen LogP contribution in [0.15, 0.2) is 48.5 Å². The average molecular weight is 362 g/mol. The van der Waals surface area contributed by atoms with Crippen LogP contribution in [-0.4, -0.2) is 47.8 Å². The van der Waals surface area contributed by atoms with Gasteiger partial charge in [0.15, 0.2) is 0 Å². The van der Waals surface area contributed by atoms with Crippen LogP contribution in [0, 0.1) is 0 Å². The highest BCUT2D eigenvalue weighted by Crippen LogP contribution is 2.22. The number of hydrogen-bond acceptors (Lipinski definition) is 2. The molecule has 2 aliphatic rings. The van der Waals surface area contributed by atoms with Gasteiger partial charge in [-0.3, -0.25) is 9.59 Å². The Morgan fingerprint density at radius 2 is 1.44 bits per heavy atom. The molecule has 2 aromatic carbocycles. The lowest BCUT2D eigenvalue weighted by molar-refractivity contribution is -0.131. The van der Waals surface area contributed by atoms with E-state index >= 15 is 0 Å². The van der Waals surface area contributed by atoms with Crippen LogP contribution in [0.5, 0.6) is 0 Å². The molecule has 2 aromatic rings. The standard InChI is InChI=1S/C23H26N2O2/c26-22(17-18-10-11-19-6-4-5-9-21(19)16-18)24-12-14-25(15-13-24)23(27)20-7-2-1-3-8-20/h1-3,7-8,10-11,16H,4-6,9,12-15,17H2. The number of amides is 2. The molecule has 1 heterocycles. The van der Waals surface area contributed by atoms with E-state index in [0.717, 1.165) is 12.0 Å². The molecule has 27 heavy (non-hydrogen) atoms. The lowest BCUT2D eigenvalue weighted by Crippen LogP contribution is -2.51. The Labute approximate surface area is 160 Å². The molecule has 0 unspecified atom stereocenters. The molecule has 0 N–H and O–H groups in total. The van der Waals surface area contributed by atoms with E-state index in [9.17, 15) is 9.59 Å². The topological polar surface area (TPSA) is 40.6 Å². The second-order valence-electron chi connectivity index (χ2n) is 7.53. The molecule has 0 atom stereocenters. The van der Waals surface area contributed by atoms with Gasteiger partial charge in [-0.2, -0.15) is 0 Å². The van der Waals surface area contributed by atoms with Gasteiger partial charge in [-0.1, -0.05) is 36.4 Å². The first kappa shape index (κ1) is 17.8. The summed E-state index contributed by atoms with van der Waals surface area (Å²) in [5.41, 5.74) is 4.70. The first-order valence-corrected chi connectivity index (χ1v) is 9.93. The van der Waals surface area contributed by atoms with E-state index in [2.05, 4.69) is 18.2 Å². The van der Waals surface area contributed by atoms with Gasteiger partial charge in [-0.25, -0.2) is 0 Å². The van der Waals surface area contributed by atoms with Crippen LogP contribution in [0.3, 0.4) is 0 Å². The lowest BCUT2D eigenvalue weighted by atomic mass is 9.90. The normalized spacial score (nSPS) is 16.7. The van der Waals surface area contributed by atoms with Crippen LogP contribution in [0.4, 0.5) is 0 Å². The van der Waals surface area contributed by atoms with Crippen molar-refractivity contribution in [3.63, 3.8) is 0 Å². The van der Waals surface area contributed by atoms with E-state index < -0.39 is 0 Å². The van der Waals surface area contributed by atoms with Crippen molar-refractivity contribution in [2.24, 2.45) is 0 Å². The van der Waals surface area contributed by atoms with Gasteiger partial charge in [-0.05, 0) is 54.5 Å². The van der Waals surface area contributed by atoms with Gasteiger partial charge < -0.3 is 9.80 Å². The maximum atomic E-state index is 12.7. The highest BCUT2D eigenvalue weighted by Gasteiger charge is 2.25. The molecule has 0 aromatic heterocycles. The molecular weight excluding hydrogens is 336 g/mol. The molecule has 4 rings (SSSR count). The molecule has 2 amide bonds. The summed E-state index contributed by atoms with van der Waals surface area (Å²) in [5.74, 6) is 0.218. The van der Waals surface area contributed by atoms with Gasteiger partial charge in [0, 0.05) is 31.7 Å². The molecule has 4 nitrogen and oxygen atoms in total. The quantitative estimate of drug-likeness (QED) is 0.842. The summed E-state index contributed by atoms with van der Waals surface area (Å²) in [6.45, 7) is 2.43. The Kier molecular flexibility index (Phi) is 5.23. The Morgan fingerprint density at radius 1 is 0.778 bits per heavy atom. The third-order valence-electron chi connectivity index (χ3n) is 5.71.